The molecule has 0 saturated heterocycles. The number of hydrogen-bond acceptors (Lipinski definition) is 10. The molecule has 0 spiro atoms. The molecule has 0 radical (unpaired) electrons. The first-order chi connectivity index (χ1) is 15.9. The van der Waals surface area contributed by atoms with Crippen molar-refractivity contribution in [2.24, 2.45) is 5.10 Å². The number of fused-ring (bicyclic) bond motifs is 1. The monoisotopic (exact) mass is 468 g/mol. The molecule has 33 heavy (non-hydrogen) atoms. The van der Waals surface area contributed by atoms with Gasteiger partial charge >= 0.3 is 0 Å². The highest BCUT2D eigenvalue weighted by Gasteiger charge is 2.22. The number of carbonyl (C=O) groups is 2. The second-order valence-electron chi connectivity index (χ2n) is 6.81. The summed E-state index contributed by atoms with van der Waals surface area (Å²) in [7, 11) is 0. The van der Waals surface area contributed by atoms with Gasteiger partial charge in [-0.25, -0.2) is 5.43 Å². The fraction of sp³-hybridized carbons (Fsp3) is 0.150. The zero-order valence-corrected chi connectivity index (χ0v) is 17.9. The molecule has 2 amide bonds. The van der Waals surface area contributed by atoms with E-state index in [0.717, 1.165) is 23.1 Å². The van der Waals surface area contributed by atoms with Crippen LogP contribution in [0.15, 0.2) is 41.5 Å². The number of nitro groups is 1. The highest BCUT2D eigenvalue weighted by atomic mass is 32.1. The van der Waals surface area contributed by atoms with Crippen molar-refractivity contribution in [3.8, 4) is 11.5 Å². The summed E-state index contributed by atoms with van der Waals surface area (Å²) in [5.41, 5.74) is 3.69. The van der Waals surface area contributed by atoms with Gasteiger partial charge in [0.25, 0.3) is 11.6 Å². The molecule has 2 N–H and O–H groups in total. The van der Waals surface area contributed by atoms with Gasteiger partial charge in [0.1, 0.15) is 5.01 Å². The van der Waals surface area contributed by atoms with Crippen LogP contribution in [0.1, 0.15) is 26.5 Å². The Morgan fingerprint density at radius 2 is 1.94 bits per heavy atom. The van der Waals surface area contributed by atoms with Crippen LogP contribution in [0, 0.1) is 17.0 Å². The normalized spacial score (nSPS) is 12.0. The summed E-state index contributed by atoms with van der Waals surface area (Å²) < 4.78 is 10.3. The van der Waals surface area contributed by atoms with Crippen LogP contribution in [-0.4, -0.2) is 39.9 Å². The lowest BCUT2D eigenvalue weighted by atomic mass is 10.1. The van der Waals surface area contributed by atoms with Gasteiger partial charge in [-0.3, -0.25) is 25.0 Å². The molecule has 1 aliphatic heterocycles. The minimum absolute atomic E-state index is 0.0286. The van der Waals surface area contributed by atoms with Crippen LogP contribution < -0.4 is 20.2 Å². The van der Waals surface area contributed by atoms with Gasteiger partial charge in [0.05, 0.1) is 29.2 Å². The Morgan fingerprint density at radius 1 is 1.21 bits per heavy atom. The predicted octanol–water partition coefficient (Wildman–Crippen LogP) is 2.43. The molecule has 13 heteroatoms. The largest absolute Gasteiger partial charge is 0.454 e. The molecule has 0 atom stereocenters. The molecular formula is C20H16N6O6S. The third kappa shape index (κ3) is 5.27. The molecule has 168 valence electrons. The number of carbonyl (C=O) groups excluding carboxylic acids is 2. The number of hydrogen-bond donors (Lipinski definition) is 2. The molecule has 0 fully saturated rings. The minimum Gasteiger partial charge on any atom is -0.454 e. The van der Waals surface area contributed by atoms with Crippen molar-refractivity contribution in [1.29, 1.82) is 0 Å². The number of aromatic nitrogens is 2. The lowest BCUT2D eigenvalue weighted by molar-refractivity contribution is -0.385. The lowest BCUT2D eigenvalue weighted by Crippen LogP contribution is -2.19. The Kier molecular flexibility index (Phi) is 6.22. The minimum atomic E-state index is -0.585. The Labute approximate surface area is 190 Å². The fourth-order valence-corrected chi connectivity index (χ4v) is 3.54. The number of nitro benzene ring substituents is 1. The summed E-state index contributed by atoms with van der Waals surface area (Å²) >= 11 is 1.05. The van der Waals surface area contributed by atoms with E-state index in [2.05, 4.69) is 26.0 Å². The van der Waals surface area contributed by atoms with Gasteiger partial charge in [-0.05, 0) is 25.1 Å². The molecule has 3 aromatic rings. The summed E-state index contributed by atoms with van der Waals surface area (Å²) in [6.07, 6.45) is 1.00. The van der Waals surface area contributed by atoms with Crippen molar-refractivity contribution in [1.82, 2.24) is 15.6 Å². The second kappa shape index (κ2) is 9.40. The van der Waals surface area contributed by atoms with Gasteiger partial charge in [0.2, 0.25) is 17.8 Å². The summed E-state index contributed by atoms with van der Waals surface area (Å²) in [5, 5.41) is 26.0. The first-order valence-electron chi connectivity index (χ1n) is 9.49. The van der Waals surface area contributed by atoms with Crippen molar-refractivity contribution in [2.75, 3.05) is 12.1 Å². The molecule has 2 heterocycles. The van der Waals surface area contributed by atoms with Crippen LogP contribution in [0.25, 0.3) is 0 Å². The molecule has 0 saturated carbocycles. The van der Waals surface area contributed by atoms with Crippen LogP contribution in [-0.2, 0) is 11.2 Å². The van der Waals surface area contributed by atoms with Crippen molar-refractivity contribution in [3.05, 3.63) is 68.2 Å². The number of nitrogens with one attached hydrogen (secondary N) is 2. The summed E-state index contributed by atoms with van der Waals surface area (Å²) in [5.74, 6) is -0.230. The van der Waals surface area contributed by atoms with Gasteiger partial charge in [0, 0.05) is 5.56 Å². The van der Waals surface area contributed by atoms with Crippen molar-refractivity contribution < 1.29 is 24.0 Å². The number of anilines is 1. The topological polar surface area (TPSA) is 158 Å². The van der Waals surface area contributed by atoms with Crippen molar-refractivity contribution in [2.45, 2.75) is 13.3 Å². The molecule has 0 unspecified atom stereocenters. The quantitative estimate of drug-likeness (QED) is 0.304. The van der Waals surface area contributed by atoms with Gasteiger partial charge in [-0.15, -0.1) is 10.2 Å². The SMILES string of the molecule is Cc1ccc(C(=O)Nc2nnc(CC(=O)N/N=C/c3cc4c(cc3[N+](=O)[O-])OCO4)s2)cc1. The van der Waals surface area contributed by atoms with E-state index in [0.29, 0.717) is 16.3 Å². The van der Waals surface area contributed by atoms with Gasteiger partial charge in [-0.2, -0.15) is 5.10 Å². The van der Waals surface area contributed by atoms with Gasteiger partial charge in [-0.1, -0.05) is 29.0 Å². The van der Waals surface area contributed by atoms with E-state index < -0.39 is 10.8 Å². The van der Waals surface area contributed by atoms with Gasteiger partial charge in [0.15, 0.2) is 11.5 Å². The maximum absolute atomic E-state index is 12.2. The van der Waals surface area contributed by atoms with E-state index in [1.807, 2.05) is 19.1 Å². The highest BCUT2D eigenvalue weighted by Crippen LogP contribution is 2.37. The zero-order valence-electron chi connectivity index (χ0n) is 17.1. The van der Waals surface area contributed by atoms with E-state index >= 15 is 0 Å². The van der Waals surface area contributed by atoms with Crippen LogP contribution in [0.4, 0.5) is 10.8 Å². The lowest BCUT2D eigenvalue weighted by Gasteiger charge is -2.01. The standard InChI is InChI=1S/C20H16N6O6S/c1-11-2-4-12(5-3-11)19(28)22-20-25-24-18(33-20)8-17(27)23-21-9-13-6-15-16(32-10-31-15)7-14(13)26(29)30/h2-7,9H,8,10H2,1H3,(H,23,27)(H,22,25,28)/b21-9+. The molecule has 2 aromatic carbocycles. The highest BCUT2D eigenvalue weighted by molar-refractivity contribution is 7.15. The summed E-state index contributed by atoms with van der Waals surface area (Å²) in [6.45, 7) is 1.89. The number of nitrogens with zero attached hydrogens (tertiary/aromatic N) is 4. The molecule has 0 bridgehead atoms. The van der Waals surface area contributed by atoms with Crippen LogP contribution in [0.3, 0.4) is 0 Å². The average molecular weight is 468 g/mol. The number of rotatable bonds is 7. The molecular weight excluding hydrogens is 452 g/mol. The number of ether oxygens (including phenoxy) is 2. The maximum Gasteiger partial charge on any atom is 0.282 e. The van der Waals surface area contributed by atoms with E-state index in [1.54, 1.807) is 12.1 Å². The van der Waals surface area contributed by atoms with Gasteiger partial charge < -0.3 is 9.47 Å². The van der Waals surface area contributed by atoms with E-state index in [1.165, 1.54) is 12.1 Å². The van der Waals surface area contributed by atoms with E-state index in [9.17, 15) is 19.7 Å². The Morgan fingerprint density at radius 3 is 2.67 bits per heavy atom. The third-order valence-electron chi connectivity index (χ3n) is 4.42. The number of aryl methyl sites for hydroxylation is 1. The fourth-order valence-electron chi connectivity index (χ4n) is 2.81. The predicted molar refractivity (Wildman–Crippen MR) is 118 cm³/mol. The maximum atomic E-state index is 12.2. The number of hydrazone groups is 1. The smallest absolute Gasteiger partial charge is 0.282 e. The number of benzene rings is 2. The molecule has 12 nitrogen and oxygen atoms in total. The van der Waals surface area contributed by atoms with Crippen LogP contribution in [0.2, 0.25) is 0 Å². The summed E-state index contributed by atoms with van der Waals surface area (Å²) in [6, 6.07) is 9.68. The molecule has 4 rings (SSSR count). The average Bonchev–Trinajstić information content (AvgIpc) is 3.42. The third-order valence-corrected chi connectivity index (χ3v) is 5.26. The second-order valence-corrected chi connectivity index (χ2v) is 7.87. The summed E-state index contributed by atoms with van der Waals surface area (Å²) in [4.78, 5) is 35.1. The Balaban J connectivity index is 1.34. The Hall–Kier alpha value is -4.39. The van der Waals surface area contributed by atoms with E-state index in [-0.39, 0.29) is 41.3 Å². The molecule has 1 aromatic heterocycles. The number of amides is 2. The van der Waals surface area contributed by atoms with Crippen molar-refractivity contribution in [3.63, 3.8) is 0 Å². The van der Waals surface area contributed by atoms with Crippen molar-refractivity contribution >= 4 is 40.2 Å². The zero-order chi connectivity index (χ0) is 23.4. The first kappa shape index (κ1) is 21.8. The first-order valence-corrected chi connectivity index (χ1v) is 10.3. The Bertz CT molecular complexity index is 1260. The van der Waals surface area contributed by atoms with Crippen LogP contribution >= 0.6 is 11.3 Å². The molecule has 1 aliphatic rings. The molecule has 0 aliphatic carbocycles. The van der Waals surface area contributed by atoms with Crippen LogP contribution in [0.5, 0.6) is 11.5 Å². The van der Waals surface area contributed by atoms with E-state index in [4.69, 9.17) is 9.47 Å².